The van der Waals surface area contributed by atoms with Crippen molar-refractivity contribution in [2.75, 3.05) is 13.1 Å². The molecule has 90 valence electrons. The maximum atomic E-state index is 6.20. The molecular formula is C13H17N3O. The number of rotatable bonds is 2. The smallest absolute Gasteiger partial charge is 0.145 e. The second-order valence-corrected chi connectivity index (χ2v) is 4.89. The van der Waals surface area contributed by atoms with Gasteiger partial charge in [0.05, 0.1) is 6.20 Å². The van der Waals surface area contributed by atoms with Gasteiger partial charge in [0.1, 0.15) is 16.9 Å². The number of hydrogen-bond acceptors (Lipinski definition) is 3. The fourth-order valence-corrected chi connectivity index (χ4v) is 2.35. The summed E-state index contributed by atoms with van der Waals surface area (Å²) >= 11 is 0. The second kappa shape index (κ2) is 4.04. The first-order chi connectivity index (χ1) is 8.27. The van der Waals surface area contributed by atoms with E-state index in [2.05, 4.69) is 22.4 Å². The van der Waals surface area contributed by atoms with E-state index in [1.165, 1.54) is 0 Å². The molecule has 1 aliphatic rings. The molecule has 1 aromatic heterocycles. The third kappa shape index (κ3) is 2.00. The number of ether oxygens (including phenoxy) is 1. The summed E-state index contributed by atoms with van der Waals surface area (Å²) in [5, 5.41) is 11.5. The molecule has 2 heterocycles. The van der Waals surface area contributed by atoms with Crippen LogP contribution in [0.2, 0.25) is 0 Å². The number of hydrogen-bond donors (Lipinski definition) is 2. The Morgan fingerprint density at radius 1 is 1.29 bits per heavy atom. The minimum Gasteiger partial charge on any atom is -0.485 e. The monoisotopic (exact) mass is 231 g/mol. The van der Waals surface area contributed by atoms with Crippen molar-refractivity contribution in [3.8, 4) is 5.75 Å². The Morgan fingerprint density at radius 3 is 2.94 bits per heavy atom. The van der Waals surface area contributed by atoms with Crippen LogP contribution < -0.4 is 10.1 Å². The summed E-state index contributed by atoms with van der Waals surface area (Å²) in [4.78, 5) is 0. The summed E-state index contributed by atoms with van der Waals surface area (Å²) in [6.07, 6.45) is 3.90. The molecule has 1 aliphatic heterocycles. The highest BCUT2D eigenvalue weighted by molar-refractivity contribution is 5.83. The Labute approximate surface area is 100 Å². The van der Waals surface area contributed by atoms with Crippen LogP contribution in [0.5, 0.6) is 5.75 Å². The number of aromatic nitrogens is 2. The Morgan fingerprint density at radius 2 is 2.12 bits per heavy atom. The molecule has 0 spiro atoms. The van der Waals surface area contributed by atoms with Crippen LogP contribution in [0.3, 0.4) is 0 Å². The quantitative estimate of drug-likeness (QED) is 0.832. The second-order valence-electron chi connectivity index (χ2n) is 4.89. The normalized spacial score (nSPS) is 19.4. The van der Waals surface area contributed by atoms with E-state index >= 15 is 0 Å². The van der Waals surface area contributed by atoms with E-state index in [-0.39, 0.29) is 5.60 Å². The van der Waals surface area contributed by atoms with E-state index in [0.717, 1.165) is 42.6 Å². The van der Waals surface area contributed by atoms with Gasteiger partial charge in [0, 0.05) is 5.39 Å². The molecule has 4 nitrogen and oxygen atoms in total. The minimum atomic E-state index is -0.0648. The lowest BCUT2D eigenvalue weighted by Gasteiger charge is -2.34. The first-order valence-corrected chi connectivity index (χ1v) is 6.09. The molecule has 0 aliphatic carbocycles. The van der Waals surface area contributed by atoms with Gasteiger partial charge < -0.3 is 10.1 Å². The lowest BCUT2D eigenvalue weighted by molar-refractivity contribution is 0.0570. The minimum absolute atomic E-state index is 0.0648. The van der Waals surface area contributed by atoms with Gasteiger partial charge in [0.25, 0.3) is 0 Å². The molecule has 1 fully saturated rings. The number of H-pyrrole nitrogens is 1. The highest BCUT2D eigenvalue weighted by Crippen LogP contribution is 2.30. The lowest BCUT2D eigenvalue weighted by atomic mass is 9.94. The number of nitrogens with one attached hydrogen (secondary N) is 2. The van der Waals surface area contributed by atoms with Crippen molar-refractivity contribution in [2.45, 2.75) is 25.4 Å². The standard InChI is InChI=1S/C13H17N3O/c1-13(5-7-14-8-6-13)17-11-4-2-3-10-9-15-16-12(10)11/h2-4,9,14H,5-8H2,1H3,(H,15,16). The van der Waals surface area contributed by atoms with Crippen LogP contribution in [0.25, 0.3) is 10.9 Å². The van der Waals surface area contributed by atoms with Gasteiger partial charge in [-0.05, 0) is 38.9 Å². The zero-order chi connectivity index (χ0) is 11.7. The van der Waals surface area contributed by atoms with Crippen molar-refractivity contribution in [2.24, 2.45) is 0 Å². The highest BCUT2D eigenvalue weighted by atomic mass is 16.5. The predicted octanol–water partition coefficient (Wildman–Crippen LogP) is 2.08. The fraction of sp³-hybridized carbons (Fsp3) is 0.462. The molecule has 1 saturated heterocycles. The van der Waals surface area contributed by atoms with Crippen LogP contribution in [0, 0.1) is 0 Å². The molecule has 4 heteroatoms. The Bertz CT molecular complexity index is 514. The van der Waals surface area contributed by atoms with E-state index in [9.17, 15) is 0 Å². The molecule has 0 atom stereocenters. The van der Waals surface area contributed by atoms with Gasteiger partial charge in [-0.2, -0.15) is 5.10 Å². The molecule has 17 heavy (non-hydrogen) atoms. The van der Waals surface area contributed by atoms with Crippen LogP contribution in [0.1, 0.15) is 19.8 Å². The van der Waals surface area contributed by atoms with E-state index in [4.69, 9.17) is 4.74 Å². The Balaban J connectivity index is 1.91. The van der Waals surface area contributed by atoms with Crippen LogP contribution in [-0.4, -0.2) is 28.9 Å². The maximum absolute atomic E-state index is 6.20. The van der Waals surface area contributed by atoms with Crippen molar-refractivity contribution in [3.05, 3.63) is 24.4 Å². The first kappa shape index (κ1) is 10.6. The molecule has 0 bridgehead atoms. The molecule has 0 saturated carbocycles. The lowest BCUT2D eigenvalue weighted by Crippen LogP contribution is -2.43. The summed E-state index contributed by atoms with van der Waals surface area (Å²) in [7, 11) is 0. The number of benzene rings is 1. The number of piperidine rings is 1. The molecule has 3 rings (SSSR count). The Kier molecular flexibility index (Phi) is 2.52. The number of para-hydroxylation sites is 1. The number of fused-ring (bicyclic) bond motifs is 1. The van der Waals surface area contributed by atoms with Crippen LogP contribution in [-0.2, 0) is 0 Å². The van der Waals surface area contributed by atoms with Crippen molar-refractivity contribution in [3.63, 3.8) is 0 Å². The molecule has 0 amide bonds. The van der Waals surface area contributed by atoms with Crippen molar-refractivity contribution >= 4 is 10.9 Å². The number of aromatic amines is 1. The van der Waals surface area contributed by atoms with Crippen molar-refractivity contribution < 1.29 is 4.74 Å². The van der Waals surface area contributed by atoms with Crippen molar-refractivity contribution in [1.29, 1.82) is 0 Å². The molecule has 1 aromatic carbocycles. The predicted molar refractivity (Wildman–Crippen MR) is 67.2 cm³/mol. The zero-order valence-corrected chi connectivity index (χ0v) is 9.99. The molecule has 2 aromatic rings. The van der Waals surface area contributed by atoms with Gasteiger partial charge >= 0.3 is 0 Å². The largest absolute Gasteiger partial charge is 0.485 e. The van der Waals surface area contributed by atoms with E-state index in [1.807, 2.05) is 24.4 Å². The van der Waals surface area contributed by atoms with Crippen LogP contribution in [0.15, 0.2) is 24.4 Å². The van der Waals surface area contributed by atoms with Crippen LogP contribution >= 0.6 is 0 Å². The van der Waals surface area contributed by atoms with E-state index < -0.39 is 0 Å². The zero-order valence-electron chi connectivity index (χ0n) is 9.99. The molecule has 0 radical (unpaired) electrons. The summed E-state index contributed by atoms with van der Waals surface area (Å²) in [6, 6.07) is 6.06. The topological polar surface area (TPSA) is 49.9 Å². The van der Waals surface area contributed by atoms with E-state index in [0.29, 0.717) is 0 Å². The summed E-state index contributed by atoms with van der Waals surface area (Å²) in [5.74, 6) is 0.907. The first-order valence-electron chi connectivity index (χ1n) is 6.09. The summed E-state index contributed by atoms with van der Waals surface area (Å²) < 4.78 is 6.20. The average Bonchev–Trinajstić information content (AvgIpc) is 2.79. The fourth-order valence-electron chi connectivity index (χ4n) is 2.35. The molecule has 0 unspecified atom stereocenters. The third-order valence-corrected chi connectivity index (χ3v) is 3.46. The van der Waals surface area contributed by atoms with Gasteiger partial charge in [-0.15, -0.1) is 0 Å². The van der Waals surface area contributed by atoms with Gasteiger partial charge in [0.15, 0.2) is 0 Å². The van der Waals surface area contributed by atoms with Gasteiger partial charge in [-0.3, -0.25) is 5.10 Å². The summed E-state index contributed by atoms with van der Waals surface area (Å²) in [5.41, 5.74) is 0.928. The Hall–Kier alpha value is -1.55. The summed E-state index contributed by atoms with van der Waals surface area (Å²) in [6.45, 7) is 4.23. The van der Waals surface area contributed by atoms with Gasteiger partial charge in [-0.1, -0.05) is 12.1 Å². The van der Waals surface area contributed by atoms with E-state index in [1.54, 1.807) is 0 Å². The van der Waals surface area contributed by atoms with Gasteiger partial charge in [0.2, 0.25) is 0 Å². The van der Waals surface area contributed by atoms with Crippen LogP contribution in [0.4, 0.5) is 0 Å². The highest BCUT2D eigenvalue weighted by Gasteiger charge is 2.29. The van der Waals surface area contributed by atoms with Crippen molar-refractivity contribution in [1.82, 2.24) is 15.5 Å². The molecule has 2 N–H and O–H groups in total. The number of nitrogens with zero attached hydrogens (tertiary/aromatic N) is 1. The average molecular weight is 231 g/mol. The molecular weight excluding hydrogens is 214 g/mol. The third-order valence-electron chi connectivity index (χ3n) is 3.46. The SMILES string of the molecule is CC1(Oc2cccc3cn[nH]c23)CCNCC1. The maximum Gasteiger partial charge on any atom is 0.145 e. The van der Waals surface area contributed by atoms with Gasteiger partial charge in [-0.25, -0.2) is 0 Å².